The van der Waals surface area contributed by atoms with Crippen LogP contribution < -0.4 is 4.90 Å². The van der Waals surface area contributed by atoms with E-state index in [0.717, 1.165) is 16.4 Å². The first-order valence-corrected chi connectivity index (χ1v) is 12.6. The van der Waals surface area contributed by atoms with Crippen LogP contribution >= 0.6 is 11.3 Å². The van der Waals surface area contributed by atoms with Gasteiger partial charge in [0, 0.05) is 31.4 Å². The minimum atomic E-state index is -5.51. The summed E-state index contributed by atoms with van der Waals surface area (Å²) in [4.78, 5) is 12.0. The van der Waals surface area contributed by atoms with E-state index in [4.69, 9.17) is 5.26 Å². The summed E-state index contributed by atoms with van der Waals surface area (Å²) in [5, 5.41) is 19.0. The molecule has 1 aromatic carbocycles. The molecule has 8 nitrogen and oxygen atoms in total. The molecule has 2 heterocycles. The number of ether oxygens (including phenoxy) is 1. The number of nitriles is 1. The second-order valence-electron chi connectivity index (χ2n) is 8.07. The predicted molar refractivity (Wildman–Crippen MR) is 118 cm³/mol. The number of alkyl halides is 6. The number of thiophene rings is 1. The van der Waals surface area contributed by atoms with E-state index in [2.05, 4.69) is 4.74 Å². The summed E-state index contributed by atoms with van der Waals surface area (Å²) in [6.07, 6.45) is -10.3. The number of sulfonamides is 1. The van der Waals surface area contributed by atoms with Gasteiger partial charge in [-0.05, 0) is 37.3 Å². The fourth-order valence-corrected chi connectivity index (χ4v) is 7.04. The molecule has 0 saturated carbocycles. The van der Waals surface area contributed by atoms with Gasteiger partial charge in [0.15, 0.2) is 0 Å². The van der Waals surface area contributed by atoms with E-state index < -0.39 is 54.6 Å². The third-order valence-corrected chi connectivity index (χ3v) is 9.41. The number of hydrogen-bond donors (Lipinski definition) is 1. The van der Waals surface area contributed by atoms with Crippen LogP contribution in [0.3, 0.4) is 0 Å². The first-order valence-electron chi connectivity index (χ1n) is 10.3. The molecule has 0 spiro atoms. The fraction of sp³-hybridized carbons (Fsp3) is 0.429. The molecular formula is C21H19F6N3O5S2. The van der Waals surface area contributed by atoms with Crippen molar-refractivity contribution in [3.05, 3.63) is 46.3 Å². The summed E-state index contributed by atoms with van der Waals surface area (Å²) in [6.45, 7) is 0.719. The Morgan fingerprint density at radius 3 is 2.32 bits per heavy atom. The van der Waals surface area contributed by atoms with Crippen LogP contribution in [-0.4, -0.2) is 62.8 Å². The van der Waals surface area contributed by atoms with E-state index in [-0.39, 0.29) is 42.2 Å². The normalized spacial score (nSPS) is 19.2. The van der Waals surface area contributed by atoms with Crippen LogP contribution in [0.2, 0.25) is 0 Å². The number of benzene rings is 1. The molecule has 1 aromatic heterocycles. The van der Waals surface area contributed by atoms with E-state index in [1.807, 2.05) is 0 Å². The maximum Gasteiger partial charge on any atom is 0.433 e. The van der Waals surface area contributed by atoms with Gasteiger partial charge in [0.05, 0.1) is 29.2 Å². The van der Waals surface area contributed by atoms with E-state index in [1.54, 1.807) is 6.07 Å². The second-order valence-corrected chi connectivity index (χ2v) is 11.3. The zero-order chi connectivity index (χ0) is 28.0. The van der Waals surface area contributed by atoms with Crippen molar-refractivity contribution in [2.45, 2.75) is 35.1 Å². The van der Waals surface area contributed by atoms with Crippen molar-refractivity contribution in [1.82, 2.24) is 4.31 Å². The molecule has 1 N–H and O–H groups in total. The van der Waals surface area contributed by atoms with Gasteiger partial charge in [-0.2, -0.15) is 35.9 Å². The van der Waals surface area contributed by atoms with Crippen molar-refractivity contribution < 1.29 is 49.4 Å². The number of carbonyl (C=O) groups excluding carboxylic acids is 1. The first kappa shape index (κ1) is 28.7. The molecule has 1 aliphatic heterocycles. The molecule has 0 bridgehead atoms. The summed E-state index contributed by atoms with van der Waals surface area (Å²) < 4.78 is 112. The highest BCUT2D eigenvalue weighted by molar-refractivity contribution is 7.91. The summed E-state index contributed by atoms with van der Waals surface area (Å²) in [6, 6.07) is 5.19. The lowest BCUT2D eigenvalue weighted by molar-refractivity contribution is -0.265. The van der Waals surface area contributed by atoms with Crippen molar-refractivity contribution in [3.63, 3.8) is 0 Å². The number of rotatable bonds is 5. The molecule has 2 aromatic rings. The molecule has 202 valence electrons. The quantitative estimate of drug-likeness (QED) is 0.432. The third-order valence-electron chi connectivity index (χ3n) is 5.73. The molecule has 0 amide bonds. The monoisotopic (exact) mass is 571 g/mol. The Kier molecular flexibility index (Phi) is 7.59. The van der Waals surface area contributed by atoms with E-state index in [1.165, 1.54) is 17.9 Å². The van der Waals surface area contributed by atoms with E-state index in [0.29, 0.717) is 19.2 Å². The molecule has 1 aliphatic rings. The number of carbonyl (C=O) groups is 1. The minimum absolute atomic E-state index is 0.0267. The van der Waals surface area contributed by atoms with Crippen LogP contribution in [0.5, 0.6) is 0 Å². The summed E-state index contributed by atoms with van der Waals surface area (Å²) in [5.74, 6) is -2.05. The van der Waals surface area contributed by atoms with E-state index >= 15 is 0 Å². The molecule has 1 fully saturated rings. The maximum absolute atomic E-state index is 13.6. The first-order chi connectivity index (χ1) is 17.0. The Hall–Kier alpha value is -2.87. The van der Waals surface area contributed by atoms with Gasteiger partial charge in [-0.15, -0.1) is 11.3 Å². The molecule has 3 rings (SSSR count). The second kappa shape index (κ2) is 9.78. The summed E-state index contributed by atoms with van der Waals surface area (Å²) in [5.41, 5.74) is -5.60. The summed E-state index contributed by atoms with van der Waals surface area (Å²) in [7, 11) is -3.83. The largest absolute Gasteiger partial charge is 0.466 e. The van der Waals surface area contributed by atoms with Gasteiger partial charge in [-0.3, -0.25) is 0 Å². The van der Waals surface area contributed by atoms with Crippen molar-refractivity contribution >= 4 is 33.0 Å². The zero-order valence-corrected chi connectivity index (χ0v) is 20.7. The minimum Gasteiger partial charge on any atom is -0.466 e. The van der Waals surface area contributed by atoms with Crippen molar-refractivity contribution in [2.75, 3.05) is 31.6 Å². The Labute approximate surface area is 211 Å². The number of aliphatic hydroxyl groups is 1. The maximum atomic E-state index is 13.6. The number of hydrogen-bond acceptors (Lipinski definition) is 8. The summed E-state index contributed by atoms with van der Waals surface area (Å²) >= 11 is 0.0267. The number of esters is 1. The van der Waals surface area contributed by atoms with Gasteiger partial charge in [0.2, 0.25) is 0 Å². The van der Waals surface area contributed by atoms with Crippen LogP contribution in [0.1, 0.15) is 22.9 Å². The van der Waals surface area contributed by atoms with Gasteiger partial charge in [0.1, 0.15) is 4.21 Å². The standard InChI is InChI=1S/C21H19F6N3O5S2/c1-12-11-29(15-4-3-13(10-28)9-14(15)20(22,23)24)7-8-30(12)37(33,34)17-6-5-16(36-17)19(32,18(31)35-2)21(25,26)27/h3-6,9,12,32H,7-8,11H2,1-2H3/t12-,19?/m1/s1. The lowest BCUT2D eigenvalue weighted by Crippen LogP contribution is -2.54. The van der Waals surface area contributed by atoms with Crippen LogP contribution in [0.4, 0.5) is 32.0 Å². The number of halogens is 6. The van der Waals surface area contributed by atoms with Gasteiger partial charge >= 0.3 is 18.3 Å². The fourth-order valence-electron chi connectivity index (χ4n) is 3.90. The number of methoxy groups -OCH3 is 1. The molecule has 16 heteroatoms. The smallest absolute Gasteiger partial charge is 0.433 e. The van der Waals surface area contributed by atoms with Crippen LogP contribution in [0, 0.1) is 11.3 Å². The van der Waals surface area contributed by atoms with Gasteiger partial charge < -0.3 is 14.7 Å². The predicted octanol–water partition coefficient (Wildman–Crippen LogP) is 3.46. The highest BCUT2D eigenvalue weighted by Crippen LogP contribution is 2.44. The number of nitrogens with zero attached hydrogens (tertiary/aromatic N) is 3. The number of piperazine rings is 1. The van der Waals surface area contributed by atoms with E-state index in [9.17, 15) is 44.7 Å². The highest BCUT2D eigenvalue weighted by Gasteiger charge is 2.63. The van der Waals surface area contributed by atoms with Crippen LogP contribution in [0.25, 0.3) is 0 Å². The topological polar surface area (TPSA) is 111 Å². The molecule has 0 radical (unpaired) electrons. The zero-order valence-electron chi connectivity index (χ0n) is 19.1. The lowest BCUT2D eigenvalue weighted by atomic mass is 10.0. The SMILES string of the molecule is COC(=O)C(O)(c1ccc(S(=O)(=O)N2CCN(c3ccc(C#N)cc3C(F)(F)F)C[C@H]2C)s1)C(F)(F)F. The van der Waals surface area contributed by atoms with Gasteiger partial charge in [0.25, 0.3) is 15.6 Å². The molecule has 2 atom stereocenters. The Morgan fingerprint density at radius 1 is 1.16 bits per heavy atom. The third kappa shape index (κ3) is 5.13. The van der Waals surface area contributed by atoms with Crippen molar-refractivity contribution in [1.29, 1.82) is 5.26 Å². The Bertz CT molecular complexity index is 1340. The molecule has 37 heavy (non-hydrogen) atoms. The lowest BCUT2D eigenvalue weighted by Gasteiger charge is -2.40. The van der Waals surface area contributed by atoms with Crippen molar-refractivity contribution in [3.8, 4) is 6.07 Å². The van der Waals surface area contributed by atoms with Crippen molar-refractivity contribution in [2.24, 2.45) is 0 Å². The van der Waals surface area contributed by atoms with Gasteiger partial charge in [-0.1, -0.05) is 0 Å². The number of anilines is 1. The molecule has 0 aliphatic carbocycles. The van der Waals surface area contributed by atoms with Gasteiger partial charge in [-0.25, -0.2) is 13.2 Å². The Morgan fingerprint density at radius 2 is 1.81 bits per heavy atom. The molecule has 1 unspecified atom stereocenters. The molecule has 1 saturated heterocycles. The average Bonchev–Trinajstić information content (AvgIpc) is 3.32. The highest BCUT2D eigenvalue weighted by atomic mass is 32.2. The van der Waals surface area contributed by atoms with Crippen LogP contribution in [-0.2, 0) is 31.3 Å². The average molecular weight is 572 g/mol. The van der Waals surface area contributed by atoms with Crippen LogP contribution in [0.15, 0.2) is 34.5 Å². The molecular weight excluding hydrogens is 552 g/mol. The Balaban J connectivity index is 1.90.